The number of nitrogens with zero attached hydrogens (tertiary/aromatic N) is 2. The number of benzene rings is 1. The van der Waals surface area contributed by atoms with E-state index in [1.54, 1.807) is 6.07 Å². The van der Waals surface area contributed by atoms with Crippen LogP contribution in [0.25, 0.3) is 10.9 Å². The van der Waals surface area contributed by atoms with Gasteiger partial charge in [0.05, 0.1) is 29.8 Å². The minimum absolute atomic E-state index is 0.240. The van der Waals surface area contributed by atoms with Gasteiger partial charge in [0.15, 0.2) is 0 Å². The summed E-state index contributed by atoms with van der Waals surface area (Å²) in [4.78, 5) is 4.15. The van der Waals surface area contributed by atoms with Gasteiger partial charge in [-0.25, -0.2) is 0 Å². The molecule has 0 saturated carbocycles. The molecule has 0 unspecified atom stereocenters. The van der Waals surface area contributed by atoms with E-state index in [1.165, 1.54) is 20.4 Å². The van der Waals surface area contributed by atoms with Crippen LogP contribution in [0, 0.1) is 11.3 Å². The van der Waals surface area contributed by atoms with Gasteiger partial charge in [0.2, 0.25) is 0 Å². The molecule has 0 fully saturated rings. The third-order valence-corrected chi connectivity index (χ3v) is 3.28. The van der Waals surface area contributed by atoms with Crippen molar-refractivity contribution >= 4 is 34.1 Å². The van der Waals surface area contributed by atoms with Crippen molar-refractivity contribution in [3.63, 3.8) is 0 Å². The van der Waals surface area contributed by atoms with Crippen molar-refractivity contribution in [2.45, 2.75) is 0 Å². The Morgan fingerprint density at radius 3 is 2.39 bits per heavy atom. The summed E-state index contributed by atoms with van der Waals surface area (Å²) >= 11 is 12.3. The maximum Gasteiger partial charge on any atom is 0.148 e. The lowest BCUT2D eigenvalue weighted by atomic mass is 10.1. The average molecular weight is 283 g/mol. The smallest absolute Gasteiger partial charge is 0.148 e. The van der Waals surface area contributed by atoms with Crippen LogP contribution < -0.4 is 9.47 Å². The van der Waals surface area contributed by atoms with E-state index in [9.17, 15) is 0 Å². The van der Waals surface area contributed by atoms with E-state index in [4.69, 9.17) is 37.9 Å². The zero-order chi connectivity index (χ0) is 13.3. The first-order valence-corrected chi connectivity index (χ1v) is 5.68. The van der Waals surface area contributed by atoms with Crippen molar-refractivity contribution in [2.24, 2.45) is 0 Å². The van der Waals surface area contributed by atoms with Gasteiger partial charge in [0.25, 0.3) is 0 Å². The Kier molecular flexibility index (Phi) is 3.46. The van der Waals surface area contributed by atoms with Gasteiger partial charge in [-0.15, -0.1) is 0 Å². The Morgan fingerprint density at radius 2 is 1.83 bits per heavy atom. The molecule has 2 aromatic rings. The van der Waals surface area contributed by atoms with Crippen LogP contribution in [0.3, 0.4) is 0 Å². The van der Waals surface area contributed by atoms with Gasteiger partial charge in [-0.3, -0.25) is 4.98 Å². The van der Waals surface area contributed by atoms with Gasteiger partial charge < -0.3 is 9.47 Å². The molecule has 1 aromatic heterocycles. The second-order valence-electron chi connectivity index (χ2n) is 3.42. The number of fused-ring (bicyclic) bond motifs is 1. The molecule has 4 nitrogen and oxygen atoms in total. The molecule has 18 heavy (non-hydrogen) atoms. The van der Waals surface area contributed by atoms with Crippen LogP contribution in [-0.2, 0) is 0 Å². The van der Waals surface area contributed by atoms with E-state index in [-0.39, 0.29) is 10.6 Å². The number of nitriles is 1. The van der Waals surface area contributed by atoms with Crippen molar-refractivity contribution in [1.82, 2.24) is 4.98 Å². The monoisotopic (exact) mass is 282 g/mol. The largest absolute Gasteiger partial charge is 0.495 e. The van der Waals surface area contributed by atoms with Crippen LogP contribution >= 0.6 is 23.2 Å². The van der Waals surface area contributed by atoms with E-state index < -0.39 is 0 Å². The molecule has 0 aliphatic heterocycles. The first kappa shape index (κ1) is 12.7. The first-order valence-electron chi connectivity index (χ1n) is 4.92. The lowest BCUT2D eigenvalue weighted by molar-refractivity contribution is 0.397. The molecule has 0 aliphatic carbocycles. The number of hydrogen-bond donors (Lipinski definition) is 0. The molecule has 0 spiro atoms. The molecule has 0 atom stereocenters. The average Bonchev–Trinajstić information content (AvgIpc) is 2.39. The second kappa shape index (κ2) is 4.89. The second-order valence-corrected chi connectivity index (χ2v) is 4.17. The maximum absolute atomic E-state index is 8.94. The van der Waals surface area contributed by atoms with Crippen LogP contribution in [0.15, 0.2) is 12.3 Å². The highest BCUT2D eigenvalue weighted by Gasteiger charge is 2.17. The molecular formula is C12H8Cl2N2O2. The topological polar surface area (TPSA) is 55.1 Å². The summed E-state index contributed by atoms with van der Waals surface area (Å²) in [6, 6.07) is 3.58. The van der Waals surface area contributed by atoms with Crippen LogP contribution in [-0.4, -0.2) is 19.2 Å². The van der Waals surface area contributed by atoms with Gasteiger partial charge in [-0.2, -0.15) is 5.26 Å². The summed E-state index contributed by atoms with van der Waals surface area (Å²) in [5, 5.41) is 9.94. The van der Waals surface area contributed by atoms with E-state index in [0.717, 1.165) is 0 Å². The Morgan fingerprint density at radius 1 is 1.17 bits per heavy atom. The molecule has 1 heterocycles. The summed E-state index contributed by atoms with van der Waals surface area (Å²) in [7, 11) is 3.00. The predicted molar refractivity (Wildman–Crippen MR) is 69.6 cm³/mol. The van der Waals surface area contributed by atoms with Gasteiger partial charge in [0, 0.05) is 17.6 Å². The fraction of sp³-hybridized carbons (Fsp3) is 0.167. The number of methoxy groups -OCH3 is 2. The lowest BCUT2D eigenvalue weighted by Gasteiger charge is -2.12. The number of pyridine rings is 1. The quantitative estimate of drug-likeness (QED) is 0.847. The van der Waals surface area contributed by atoms with E-state index in [0.29, 0.717) is 27.4 Å². The van der Waals surface area contributed by atoms with Gasteiger partial charge in [-0.05, 0) is 0 Å². The van der Waals surface area contributed by atoms with E-state index >= 15 is 0 Å². The van der Waals surface area contributed by atoms with Crippen molar-refractivity contribution in [3.05, 3.63) is 27.9 Å². The Labute approximate surface area is 114 Å². The predicted octanol–water partition coefficient (Wildman–Crippen LogP) is 3.43. The van der Waals surface area contributed by atoms with Gasteiger partial charge in [-0.1, -0.05) is 23.2 Å². The fourth-order valence-electron chi connectivity index (χ4n) is 1.63. The SMILES string of the molecule is COc1cc(OC)c2ncc(C#N)c(Cl)c2c1Cl. The van der Waals surface area contributed by atoms with Crippen LogP contribution in [0.1, 0.15) is 5.56 Å². The molecule has 0 aliphatic rings. The molecule has 1 aromatic carbocycles. The van der Waals surface area contributed by atoms with Crippen molar-refractivity contribution < 1.29 is 9.47 Å². The first-order chi connectivity index (χ1) is 8.63. The van der Waals surface area contributed by atoms with Crippen LogP contribution in [0.5, 0.6) is 11.5 Å². The minimum Gasteiger partial charge on any atom is -0.495 e. The number of rotatable bonds is 2. The van der Waals surface area contributed by atoms with E-state index in [1.807, 2.05) is 6.07 Å². The van der Waals surface area contributed by atoms with Crippen molar-refractivity contribution in [2.75, 3.05) is 14.2 Å². The third-order valence-electron chi connectivity index (χ3n) is 2.51. The van der Waals surface area contributed by atoms with Gasteiger partial charge >= 0.3 is 0 Å². The van der Waals surface area contributed by atoms with Crippen molar-refractivity contribution in [3.8, 4) is 17.6 Å². The third kappa shape index (κ3) is 1.82. The van der Waals surface area contributed by atoms with Crippen LogP contribution in [0.2, 0.25) is 10.0 Å². The maximum atomic E-state index is 8.94. The molecule has 0 radical (unpaired) electrons. The molecule has 0 saturated heterocycles. The highest BCUT2D eigenvalue weighted by molar-refractivity contribution is 6.43. The summed E-state index contributed by atoms with van der Waals surface area (Å²) in [5.74, 6) is 0.900. The van der Waals surface area contributed by atoms with Gasteiger partial charge in [0.1, 0.15) is 23.1 Å². The zero-order valence-corrected chi connectivity index (χ0v) is 11.1. The molecule has 0 amide bonds. The highest BCUT2D eigenvalue weighted by Crippen LogP contribution is 2.42. The molecular weight excluding hydrogens is 275 g/mol. The number of ether oxygens (including phenoxy) is 2. The summed E-state index contributed by atoms with van der Waals surface area (Å²) in [5.41, 5.74) is 0.744. The summed E-state index contributed by atoms with van der Waals surface area (Å²) in [6.07, 6.45) is 1.38. The number of halogens is 2. The normalized spacial score (nSPS) is 10.2. The molecule has 6 heteroatoms. The zero-order valence-electron chi connectivity index (χ0n) is 9.62. The van der Waals surface area contributed by atoms with Crippen molar-refractivity contribution in [1.29, 1.82) is 5.26 Å². The molecule has 2 rings (SSSR count). The lowest BCUT2D eigenvalue weighted by Crippen LogP contribution is -1.94. The minimum atomic E-state index is 0.240. The fourth-order valence-corrected chi connectivity index (χ4v) is 2.27. The molecule has 0 bridgehead atoms. The molecule has 92 valence electrons. The summed E-state index contributed by atoms with van der Waals surface area (Å²) in [6.45, 7) is 0. The standard InChI is InChI=1S/C12H8Cl2N2O2/c1-17-7-3-8(18-2)12-9(11(7)14)10(13)6(4-15)5-16-12/h3,5H,1-2H3. The summed E-state index contributed by atoms with van der Waals surface area (Å²) < 4.78 is 10.4. The molecule has 0 N–H and O–H groups in total. The Balaban J connectivity index is 2.97. The van der Waals surface area contributed by atoms with Crippen LogP contribution in [0.4, 0.5) is 0 Å². The Bertz CT molecular complexity index is 665. The number of aromatic nitrogens is 1. The number of hydrogen-bond acceptors (Lipinski definition) is 4. The Hall–Kier alpha value is -1.70. The van der Waals surface area contributed by atoms with E-state index in [2.05, 4.69) is 4.98 Å². The highest BCUT2D eigenvalue weighted by atomic mass is 35.5.